The van der Waals surface area contributed by atoms with E-state index in [4.69, 9.17) is 5.73 Å². The number of piperazine rings is 1. The molecular formula is C23H27N5O3. The number of aryl methyl sites for hydroxylation is 1. The van der Waals surface area contributed by atoms with E-state index in [0.29, 0.717) is 42.3 Å². The number of nitrogens with one attached hydrogen (secondary N) is 2. The van der Waals surface area contributed by atoms with Crippen LogP contribution in [0.15, 0.2) is 54.7 Å². The quantitative estimate of drug-likeness (QED) is 0.508. The summed E-state index contributed by atoms with van der Waals surface area (Å²) in [7, 11) is 0. The zero-order valence-electron chi connectivity index (χ0n) is 17.8. The van der Waals surface area contributed by atoms with Crippen LogP contribution < -0.4 is 16.4 Å². The molecule has 2 aromatic carbocycles. The first kappa shape index (κ1) is 21.9. The van der Waals surface area contributed by atoms with Crippen molar-refractivity contribution >= 4 is 29.2 Å². The monoisotopic (exact) mass is 421 g/mol. The van der Waals surface area contributed by atoms with E-state index in [0.717, 1.165) is 11.1 Å². The number of rotatable bonds is 5. The number of nitrogen functional groups attached to an aromatic ring is 1. The van der Waals surface area contributed by atoms with Crippen LogP contribution in [0.3, 0.4) is 0 Å². The van der Waals surface area contributed by atoms with Crippen LogP contribution in [0.4, 0.5) is 16.2 Å². The summed E-state index contributed by atoms with van der Waals surface area (Å²) in [6.07, 6.45) is 0. The number of carbonyl (C=O) groups is 3. The maximum atomic E-state index is 12.5. The number of likely N-dealkylation sites (N-methyl/N-ethyl adjacent to an activating group) is 1. The van der Waals surface area contributed by atoms with Crippen LogP contribution in [0.5, 0.6) is 0 Å². The van der Waals surface area contributed by atoms with Crippen molar-refractivity contribution in [1.29, 1.82) is 0 Å². The van der Waals surface area contributed by atoms with E-state index in [9.17, 15) is 14.4 Å². The fourth-order valence-corrected chi connectivity index (χ4v) is 3.31. The third-order valence-corrected chi connectivity index (χ3v) is 5.21. The standard InChI is InChI=1S/C23H27N5O3/c1-4-27-11-12-28(22(30)16(27)3)23(31)25-14-17-6-8-18(9-7-17)21(29)26-20-13-15(2)5-10-19(20)24/h5-10,13H,3-4,11-12,14,24H2,1-2H3,(H,25,31)(H,26,29). The molecule has 1 heterocycles. The van der Waals surface area contributed by atoms with Gasteiger partial charge in [-0.25, -0.2) is 4.79 Å². The van der Waals surface area contributed by atoms with Crippen LogP contribution in [0, 0.1) is 6.92 Å². The molecule has 0 bridgehead atoms. The van der Waals surface area contributed by atoms with Crippen molar-refractivity contribution in [3.8, 4) is 0 Å². The molecule has 31 heavy (non-hydrogen) atoms. The van der Waals surface area contributed by atoms with Gasteiger partial charge in [0.1, 0.15) is 0 Å². The number of imide groups is 1. The summed E-state index contributed by atoms with van der Waals surface area (Å²) in [5.74, 6) is -0.654. The average molecular weight is 422 g/mol. The lowest BCUT2D eigenvalue weighted by molar-refractivity contribution is -0.128. The molecule has 1 fully saturated rings. The van der Waals surface area contributed by atoms with Gasteiger partial charge in [-0.05, 0) is 49.2 Å². The lowest BCUT2D eigenvalue weighted by atomic mass is 10.1. The second-order valence-electron chi connectivity index (χ2n) is 7.38. The van der Waals surface area contributed by atoms with Crippen LogP contribution >= 0.6 is 0 Å². The van der Waals surface area contributed by atoms with Gasteiger partial charge in [0.25, 0.3) is 11.8 Å². The Kier molecular flexibility index (Phi) is 6.59. The minimum atomic E-state index is -0.460. The Morgan fingerprint density at radius 3 is 2.52 bits per heavy atom. The Bertz CT molecular complexity index is 1020. The molecule has 8 heteroatoms. The molecule has 0 atom stereocenters. The molecule has 0 aliphatic carbocycles. The van der Waals surface area contributed by atoms with Gasteiger partial charge in [0.05, 0.1) is 17.1 Å². The largest absolute Gasteiger partial charge is 0.397 e. The SMILES string of the molecule is C=C1C(=O)N(C(=O)NCc2ccc(C(=O)Nc3cc(C)ccc3N)cc2)CCN1CC. The van der Waals surface area contributed by atoms with Crippen LogP contribution in [0.25, 0.3) is 0 Å². The van der Waals surface area contributed by atoms with Gasteiger partial charge in [0.15, 0.2) is 0 Å². The number of anilines is 2. The summed E-state index contributed by atoms with van der Waals surface area (Å²) in [5, 5.41) is 5.55. The third-order valence-electron chi connectivity index (χ3n) is 5.21. The number of nitrogens with zero attached hydrogens (tertiary/aromatic N) is 2. The second kappa shape index (κ2) is 9.34. The summed E-state index contributed by atoms with van der Waals surface area (Å²) in [6, 6.07) is 11.8. The van der Waals surface area contributed by atoms with Crippen LogP contribution in [-0.2, 0) is 11.3 Å². The highest BCUT2D eigenvalue weighted by molar-refractivity contribution is 6.06. The summed E-state index contributed by atoms with van der Waals surface area (Å²) >= 11 is 0. The molecule has 0 saturated carbocycles. The van der Waals surface area contributed by atoms with Gasteiger partial charge in [-0.15, -0.1) is 0 Å². The molecular weight excluding hydrogens is 394 g/mol. The fraction of sp³-hybridized carbons (Fsp3) is 0.261. The first-order chi connectivity index (χ1) is 14.8. The molecule has 4 N–H and O–H groups in total. The van der Waals surface area contributed by atoms with E-state index >= 15 is 0 Å². The number of carbonyl (C=O) groups excluding carboxylic acids is 3. The normalized spacial score (nSPS) is 13.9. The lowest BCUT2D eigenvalue weighted by Crippen LogP contribution is -2.53. The van der Waals surface area contributed by atoms with Gasteiger partial charge in [-0.3, -0.25) is 14.5 Å². The molecule has 3 rings (SSSR count). The summed E-state index contributed by atoms with van der Waals surface area (Å²) in [5.41, 5.74) is 9.57. The zero-order valence-corrected chi connectivity index (χ0v) is 17.8. The predicted molar refractivity (Wildman–Crippen MR) is 120 cm³/mol. The number of hydrogen-bond acceptors (Lipinski definition) is 5. The molecule has 0 aromatic heterocycles. The molecule has 0 spiro atoms. The maximum absolute atomic E-state index is 12.5. The van der Waals surface area contributed by atoms with Gasteiger partial charge in [0, 0.05) is 31.7 Å². The minimum Gasteiger partial charge on any atom is -0.397 e. The van der Waals surface area contributed by atoms with Crippen molar-refractivity contribution in [3.05, 3.63) is 71.4 Å². The van der Waals surface area contributed by atoms with E-state index < -0.39 is 6.03 Å². The minimum absolute atomic E-state index is 0.235. The molecule has 0 unspecified atom stereocenters. The zero-order chi connectivity index (χ0) is 22.5. The number of urea groups is 1. The van der Waals surface area contributed by atoms with Gasteiger partial charge in [-0.2, -0.15) is 0 Å². The van der Waals surface area contributed by atoms with Crippen LogP contribution in [0.1, 0.15) is 28.4 Å². The predicted octanol–water partition coefficient (Wildman–Crippen LogP) is 2.72. The molecule has 1 saturated heterocycles. The molecule has 2 aromatic rings. The fourth-order valence-electron chi connectivity index (χ4n) is 3.31. The topological polar surface area (TPSA) is 108 Å². The highest BCUT2D eigenvalue weighted by Crippen LogP contribution is 2.20. The first-order valence-corrected chi connectivity index (χ1v) is 10.1. The average Bonchev–Trinajstić information content (AvgIpc) is 2.76. The molecule has 4 amide bonds. The molecule has 1 aliphatic heterocycles. The Morgan fingerprint density at radius 1 is 1.13 bits per heavy atom. The Labute approximate surface area is 181 Å². The van der Waals surface area contributed by atoms with Gasteiger partial charge < -0.3 is 21.3 Å². The maximum Gasteiger partial charge on any atom is 0.324 e. The van der Waals surface area contributed by atoms with Crippen molar-refractivity contribution in [3.63, 3.8) is 0 Å². The summed E-state index contributed by atoms with van der Waals surface area (Å²) in [4.78, 5) is 40.3. The Hall–Kier alpha value is -3.81. The van der Waals surface area contributed by atoms with Gasteiger partial charge in [0.2, 0.25) is 0 Å². The Balaban J connectivity index is 1.56. The van der Waals surface area contributed by atoms with Crippen molar-refractivity contribution < 1.29 is 14.4 Å². The van der Waals surface area contributed by atoms with Crippen molar-refractivity contribution in [2.24, 2.45) is 0 Å². The van der Waals surface area contributed by atoms with Gasteiger partial charge in [-0.1, -0.05) is 24.8 Å². The van der Waals surface area contributed by atoms with E-state index in [1.807, 2.05) is 30.9 Å². The highest BCUT2D eigenvalue weighted by atomic mass is 16.2. The molecule has 0 radical (unpaired) electrons. The Morgan fingerprint density at radius 2 is 1.84 bits per heavy atom. The lowest BCUT2D eigenvalue weighted by Gasteiger charge is -2.35. The molecule has 162 valence electrons. The molecule has 8 nitrogen and oxygen atoms in total. The van der Waals surface area contributed by atoms with Crippen LogP contribution in [0.2, 0.25) is 0 Å². The van der Waals surface area contributed by atoms with Crippen LogP contribution in [-0.4, -0.2) is 47.3 Å². The third kappa shape index (κ3) is 5.03. The number of hydrogen-bond donors (Lipinski definition) is 3. The second-order valence-corrected chi connectivity index (χ2v) is 7.38. The van der Waals surface area contributed by atoms with E-state index in [2.05, 4.69) is 17.2 Å². The van der Waals surface area contributed by atoms with Crippen molar-refractivity contribution in [2.45, 2.75) is 20.4 Å². The smallest absolute Gasteiger partial charge is 0.324 e. The van der Waals surface area contributed by atoms with E-state index in [1.165, 1.54) is 4.90 Å². The van der Waals surface area contributed by atoms with E-state index in [1.54, 1.807) is 30.3 Å². The van der Waals surface area contributed by atoms with E-state index in [-0.39, 0.29) is 18.4 Å². The first-order valence-electron chi connectivity index (χ1n) is 10.1. The summed E-state index contributed by atoms with van der Waals surface area (Å²) in [6.45, 7) is 9.44. The number of benzene rings is 2. The summed E-state index contributed by atoms with van der Waals surface area (Å²) < 4.78 is 0. The number of nitrogens with two attached hydrogens (primary N) is 1. The highest BCUT2D eigenvalue weighted by Gasteiger charge is 2.30. The number of amides is 4. The van der Waals surface area contributed by atoms with Crippen molar-refractivity contribution in [2.75, 3.05) is 30.7 Å². The van der Waals surface area contributed by atoms with Crippen molar-refractivity contribution in [1.82, 2.24) is 15.1 Å². The molecule has 1 aliphatic rings. The van der Waals surface area contributed by atoms with Gasteiger partial charge >= 0.3 is 6.03 Å².